The first-order chi connectivity index (χ1) is 12.5. The van der Waals surface area contributed by atoms with Crippen LogP contribution >= 0.6 is 0 Å². The maximum atomic E-state index is 5.95. The van der Waals surface area contributed by atoms with Crippen LogP contribution in [0.2, 0.25) is 0 Å². The van der Waals surface area contributed by atoms with E-state index in [0.717, 1.165) is 24.1 Å². The van der Waals surface area contributed by atoms with Crippen LogP contribution in [0.3, 0.4) is 0 Å². The Morgan fingerprint density at radius 1 is 1.35 bits per heavy atom. The van der Waals surface area contributed by atoms with Gasteiger partial charge in [0.25, 0.3) is 0 Å². The van der Waals surface area contributed by atoms with Gasteiger partial charge in [-0.1, -0.05) is 32.0 Å². The summed E-state index contributed by atoms with van der Waals surface area (Å²) >= 11 is 0. The van der Waals surface area contributed by atoms with Crippen LogP contribution < -0.4 is 10.1 Å². The van der Waals surface area contributed by atoms with E-state index in [2.05, 4.69) is 47.2 Å². The molecular weight excluding hydrogens is 328 g/mol. The summed E-state index contributed by atoms with van der Waals surface area (Å²) in [5, 5.41) is 7.41. The number of ether oxygens (including phenoxy) is 1. The molecule has 1 N–H and O–H groups in total. The van der Waals surface area contributed by atoms with Gasteiger partial charge >= 0.3 is 0 Å². The van der Waals surface area contributed by atoms with Crippen molar-refractivity contribution < 1.29 is 4.74 Å². The number of hydrogen-bond donors (Lipinski definition) is 1. The number of rotatable bonds is 8. The number of hydrogen-bond acceptors (Lipinski definition) is 4. The summed E-state index contributed by atoms with van der Waals surface area (Å²) in [5.41, 5.74) is 1.22. The van der Waals surface area contributed by atoms with Gasteiger partial charge in [0, 0.05) is 20.6 Å². The average molecular weight is 358 g/mol. The molecule has 0 atom stereocenters. The first-order valence-corrected chi connectivity index (χ1v) is 9.07. The van der Waals surface area contributed by atoms with E-state index < -0.39 is 0 Å². The predicted molar refractivity (Wildman–Crippen MR) is 104 cm³/mol. The van der Waals surface area contributed by atoms with Crippen molar-refractivity contribution >= 4 is 5.96 Å². The molecule has 2 aromatic rings. The van der Waals surface area contributed by atoms with Crippen molar-refractivity contribution in [1.82, 2.24) is 25.0 Å². The van der Waals surface area contributed by atoms with E-state index in [-0.39, 0.29) is 0 Å². The number of aromatic nitrogens is 3. The van der Waals surface area contributed by atoms with Crippen LogP contribution in [0.15, 0.2) is 35.6 Å². The quantitative estimate of drug-likeness (QED) is 0.446. The van der Waals surface area contributed by atoms with Crippen LogP contribution in [0.4, 0.5) is 0 Å². The Labute approximate surface area is 156 Å². The number of para-hydroxylation sites is 1. The van der Waals surface area contributed by atoms with Crippen molar-refractivity contribution in [3.63, 3.8) is 0 Å². The molecule has 2 rings (SSSR count). The molecule has 0 fully saturated rings. The van der Waals surface area contributed by atoms with Gasteiger partial charge in [0.2, 0.25) is 0 Å². The van der Waals surface area contributed by atoms with Crippen molar-refractivity contribution in [2.24, 2.45) is 12.0 Å². The maximum absolute atomic E-state index is 5.95. The molecule has 0 spiro atoms. The molecule has 0 radical (unpaired) electrons. The number of aryl methyl sites for hydroxylation is 1. The van der Waals surface area contributed by atoms with Crippen LogP contribution in [0.5, 0.6) is 5.75 Å². The Morgan fingerprint density at radius 2 is 2.12 bits per heavy atom. The standard InChI is InChI=1S/C19H30N6O/c1-6-20-19(24(4)13-18-22-14-23-25(18)5)21-11-12-26-17-10-8-7-9-16(17)15(2)3/h7-10,14-15H,6,11-13H2,1-5H3,(H,20,21). The predicted octanol–water partition coefficient (Wildman–Crippen LogP) is 2.41. The monoisotopic (exact) mass is 358 g/mol. The van der Waals surface area contributed by atoms with Crippen molar-refractivity contribution in [2.45, 2.75) is 33.2 Å². The highest BCUT2D eigenvalue weighted by Crippen LogP contribution is 2.25. The molecule has 7 heteroatoms. The van der Waals surface area contributed by atoms with E-state index >= 15 is 0 Å². The Balaban J connectivity index is 1.93. The van der Waals surface area contributed by atoms with Crippen LogP contribution in [-0.2, 0) is 13.6 Å². The van der Waals surface area contributed by atoms with Gasteiger partial charge in [0.15, 0.2) is 5.96 Å². The Hall–Kier alpha value is -2.57. The van der Waals surface area contributed by atoms with Crippen molar-refractivity contribution in [3.05, 3.63) is 42.0 Å². The SMILES string of the molecule is CCNC(=NCCOc1ccccc1C(C)C)N(C)Cc1ncnn1C. The number of guanidine groups is 1. The van der Waals surface area contributed by atoms with Crippen molar-refractivity contribution in [1.29, 1.82) is 0 Å². The molecule has 0 aliphatic heterocycles. The fourth-order valence-corrected chi connectivity index (χ4v) is 2.62. The molecule has 0 saturated carbocycles. The highest BCUT2D eigenvalue weighted by atomic mass is 16.5. The third-order valence-electron chi connectivity index (χ3n) is 4.03. The largest absolute Gasteiger partial charge is 0.491 e. The summed E-state index contributed by atoms with van der Waals surface area (Å²) in [6.45, 7) is 8.96. The second kappa shape index (κ2) is 9.79. The number of aliphatic imine (C=N–C) groups is 1. The summed E-state index contributed by atoms with van der Waals surface area (Å²) in [6, 6.07) is 8.18. The lowest BCUT2D eigenvalue weighted by Crippen LogP contribution is -2.39. The van der Waals surface area contributed by atoms with E-state index in [4.69, 9.17) is 4.74 Å². The minimum absolute atomic E-state index is 0.435. The molecule has 0 bridgehead atoms. The lowest BCUT2D eigenvalue weighted by Gasteiger charge is -2.21. The minimum Gasteiger partial charge on any atom is -0.491 e. The molecule has 7 nitrogen and oxygen atoms in total. The number of nitrogens with zero attached hydrogens (tertiary/aromatic N) is 5. The lowest BCUT2D eigenvalue weighted by molar-refractivity contribution is 0.322. The van der Waals surface area contributed by atoms with Crippen LogP contribution in [0.1, 0.15) is 38.1 Å². The topological polar surface area (TPSA) is 67.6 Å². The summed E-state index contributed by atoms with van der Waals surface area (Å²) in [7, 11) is 3.88. The van der Waals surface area contributed by atoms with E-state index in [1.807, 2.05) is 37.2 Å². The number of nitrogens with one attached hydrogen (secondary N) is 1. The van der Waals surface area contributed by atoms with Gasteiger partial charge in [-0.2, -0.15) is 5.10 Å². The van der Waals surface area contributed by atoms with E-state index in [1.54, 1.807) is 11.0 Å². The summed E-state index contributed by atoms with van der Waals surface area (Å²) in [6.07, 6.45) is 1.56. The Morgan fingerprint density at radius 3 is 2.77 bits per heavy atom. The zero-order valence-corrected chi connectivity index (χ0v) is 16.4. The molecule has 0 aliphatic rings. The van der Waals surface area contributed by atoms with Gasteiger partial charge in [0.05, 0.1) is 13.1 Å². The molecule has 142 valence electrons. The van der Waals surface area contributed by atoms with Gasteiger partial charge in [-0.3, -0.25) is 4.68 Å². The van der Waals surface area contributed by atoms with E-state index in [0.29, 0.717) is 25.6 Å². The van der Waals surface area contributed by atoms with Crippen LogP contribution in [0, 0.1) is 0 Å². The summed E-state index contributed by atoms with van der Waals surface area (Å²) in [5.74, 6) is 3.09. The normalized spacial score (nSPS) is 11.7. The summed E-state index contributed by atoms with van der Waals surface area (Å²) < 4.78 is 7.72. The molecule has 0 saturated heterocycles. The van der Waals surface area contributed by atoms with E-state index in [9.17, 15) is 0 Å². The molecule has 0 aliphatic carbocycles. The van der Waals surface area contributed by atoms with Gasteiger partial charge in [-0.05, 0) is 24.5 Å². The second-order valence-corrected chi connectivity index (χ2v) is 6.43. The molecule has 0 unspecified atom stereocenters. The van der Waals surface area contributed by atoms with Crippen LogP contribution in [-0.4, -0.2) is 52.4 Å². The van der Waals surface area contributed by atoms with E-state index in [1.165, 1.54) is 5.56 Å². The Kier molecular flexibility index (Phi) is 7.44. The minimum atomic E-state index is 0.435. The zero-order valence-electron chi connectivity index (χ0n) is 16.4. The molecule has 1 heterocycles. The van der Waals surface area contributed by atoms with Crippen LogP contribution in [0.25, 0.3) is 0 Å². The van der Waals surface area contributed by atoms with Gasteiger partial charge in [-0.15, -0.1) is 0 Å². The molecule has 0 amide bonds. The third kappa shape index (κ3) is 5.47. The first kappa shape index (κ1) is 19.8. The second-order valence-electron chi connectivity index (χ2n) is 6.43. The Bertz CT molecular complexity index is 710. The van der Waals surface area contributed by atoms with Gasteiger partial charge in [-0.25, -0.2) is 9.98 Å². The average Bonchev–Trinajstić information content (AvgIpc) is 3.02. The van der Waals surface area contributed by atoms with Gasteiger partial charge in [0.1, 0.15) is 24.5 Å². The molecule has 1 aromatic carbocycles. The highest BCUT2D eigenvalue weighted by Gasteiger charge is 2.10. The van der Waals surface area contributed by atoms with Crippen molar-refractivity contribution in [3.8, 4) is 5.75 Å². The maximum Gasteiger partial charge on any atom is 0.194 e. The van der Waals surface area contributed by atoms with Gasteiger partial charge < -0.3 is 15.0 Å². The first-order valence-electron chi connectivity index (χ1n) is 9.07. The van der Waals surface area contributed by atoms with Crippen molar-refractivity contribution in [2.75, 3.05) is 26.7 Å². The molecule has 26 heavy (non-hydrogen) atoms. The highest BCUT2D eigenvalue weighted by molar-refractivity contribution is 5.79. The fourth-order valence-electron chi connectivity index (χ4n) is 2.62. The number of benzene rings is 1. The molecule has 1 aromatic heterocycles. The summed E-state index contributed by atoms with van der Waals surface area (Å²) in [4.78, 5) is 11.0. The lowest BCUT2D eigenvalue weighted by atomic mass is 10.0. The smallest absolute Gasteiger partial charge is 0.194 e. The fraction of sp³-hybridized carbons (Fsp3) is 0.526. The molecular formula is C19H30N6O. The third-order valence-corrected chi connectivity index (χ3v) is 4.03. The zero-order chi connectivity index (χ0) is 18.9.